The lowest BCUT2D eigenvalue weighted by Crippen LogP contribution is -2.54. The number of rotatable bonds is 5. The molecule has 32 heavy (non-hydrogen) atoms. The van der Waals surface area contributed by atoms with Gasteiger partial charge in [-0.25, -0.2) is 0 Å². The van der Waals surface area contributed by atoms with Gasteiger partial charge >= 0.3 is 12.1 Å². The molecule has 0 saturated heterocycles. The molecule has 172 valence electrons. The quantitative estimate of drug-likeness (QED) is 0.386. The number of ether oxygens (including phenoxy) is 2. The number of pyridine rings is 1. The summed E-state index contributed by atoms with van der Waals surface area (Å²) in [4.78, 5) is 39.4. The number of aromatic nitrogens is 1. The maximum absolute atomic E-state index is 13.4. The summed E-state index contributed by atoms with van der Waals surface area (Å²) >= 11 is 0. The monoisotopic (exact) mass is 456 g/mol. The summed E-state index contributed by atoms with van der Waals surface area (Å²) < 4.78 is 52.5. The highest BCUT2D eigenvalue weighted by Crippen LogP contribution is 2.45. The highest BCUT2D eigenvalue weighted by Gasteiger charge is 2.48. The van der Waals surface area contributed by atoms with Crippen LogP contribution in [-0.4, -0.2) is 27.3 Å². The van der Waals surface area contributed by atoms with E-state index in [1.165, 1.54) is 12.3 Å². The van der Waals surface area contributed by atoms with Crippen molar-refractivity contribution in [1.29, 1.82) is 0 Å². The van der Waals surface area contributed by atoms with Crippen molar-refractivity contribution in [3.05, 3.63) is 73.7 Å². The molecule has 12 heteroatoms. The summed E-state index contributed by atoms with van der Waals surface area (Å²) in [5.41, 5.74) is -2.65. The first-order valence-corrected chi connectivity index (χ1v) is 9.35. The summed E-state index contributed by atoms with van der Waals surface area (Å²) in [7, 11) is 0. The molecule has 0 aliphatic carbocycles. The van der Waals surface area contributed by atoms with Crippen molar-refractivity contribution in [2.75, 3.05) is 0 Å². The summed E-state index contributed by atoms with van der Waals surface area (Å²) in [6, 6.07) is 4.00. The van der Waals surface area contributed by atoms with Crippen molar-refractivity contribution in [1.82, 2.24) is 4.57 Å². The molecule has 2 atom stereocenters. The number of fused-ring (bicyclic) bond motifs is 1. The third kappa shape index (κ3) is 4.68. The number of benzene rings is 1. The topological polar surface area (TPSA) is 110 Å². The second-order valence-corrected chi connectivity index (χ2v) is 7.71. The molecule has 3 rings (SSSR count). The average Bonchev–Trinajstić information content (AvgIpc) is 2.66. The molecule has 1 aliphatic heterocycles. The van der Waals surface area contributed by atoms with Crippen molar-refractivity contribution in [3.63, 3.8) is 0 Å². The Bertz CT molecular complexity index is 1110. The van der Waals surface area contributed by atoms with Gasteiger partial charge < -0.3 is 18.9 Å². The van der Waals surface area contributed by atoms with Crippen LogP contribution in [0.25, 0.3) is 0 Å². The van der Waals surface area contributed by atoms with E-state index in [4.69, 9.17) is 9.47 Å². The fraction of sp³-hybridized carbons (Fsp3) is 0.400. The molecule has 0 fully saturated rings. The summed E-state index contributed by atoms with van der Waals surface area (Å²) in [5.74, 6) is -0.650. The number of halogens is 3. The second-order valence-electron chi connectivity index (χ2n) is 7.71. The van der Waals surface area contributed by atoms with Gasteiger partial charge in [-0.2, -0.15) is 13.2 Å². The van der Waals surface area contributed by atoms with Gasteiger partial charge in [-0.15, -0.1) is 10.1 Å². The Labute approximate surface area is 179 Å². The lowest BCUT2D eigenvalue weighted by Gasteiger charge is -2.44. The van der Waals surface area contributed by atoms with E-state index in [1.807, 2.05) is 0 Å². The number of esters is 1. The molecule has 2 heterocycles. The van der Waals surface area contributed by atoms with Gasteiger partial charge in [0, 0.05) is 24.8 Å². The van der Waals surface area contributed by atoms with Gasteiger partial charge in [0.15, 0.2) is 6.10 Å². The largest absolute Gasteiger partial charge is 0.484 e. The zero-order valence-electron chi connectivity index (χ0n) is 17.2. The molecule has 0 spiro atoms. The highest BCUT2D eigenvalue weighted by atomic mass is 19.4. The SMILES string of the molecule is CC(=O)OC1C(n2cc(CO[N+](=O)[O-])ccc2=O)c2cc(C(F)(F)F)ccc2OC1(C)C. The van der Waals surface area contributed by atoms with Crippen LogP contribution < -0.4 is 10.3 Å². The van der Waals surface area contributed by atoms with Crippen LogP contribution in [0.1, 0.15) is 43.5 Å². The van der Waals surface area contributed by atoms with Crippen LogP contribution in [0.2, 0.25) is 0 Å². The number of hydrogen-bond donors (Lipinski definition) is 0. The van der Waals surface area contributed by atoms with Gasteiger partial charge in [-0.05, 0) is 37.6 Å². The van der Waals surface area contributed by atoms with Crippen LogP contribution in [0.4, 0.5) is 13.2 Å². The zero-order valence-corrected chi connectivity index (χ0v) is 17.2. The summed E-state index contributed by atoms with van der Waals surface area (Å²) in [6.45, 7) is 3.77. The molecule has 0 amide bonds. The van der Waals surface area contributed by atoms with Gasteiger partial charge in [0.25, 0.3) is 10.6 Å². The molecule has 0 bridgehead atoms. The van der Waals surface area contributed by atoms with Crippen LogP contribution in [-0.2, 0) is 27.2 Å². The Balaban J connectivity index is 2.24. The predicted molar refractivity (Wildman–Crippen MR) is 102 cm³/mol. The molecule has 9 nitrogen and oxygen atoms in total. The molecule has 0 N–H and O–H groups in total. The molecular formula is C20H19F3N2O7. The molecular weight excluding hydrogens is 437 g/mol. The predicted octanol–water partition coefficient (Wildman–Crippen LogP) is 3.27. The van der Waals surface area contributed by atoms with E-state index in [9.17, 15) is 32.9 Å². The third-order valence-corrected chi connectivity index (χ3v) is 4.93. The third-order valence-electron chi connectivity index (χ3n) is 4.93. The zero-order chi connectivity index (χ0) is 23.8. The number of nitrogens with zero attached hydrogens (tertiary/aromatic N) is 2. The van der Waals surface area contributed by atoms with Crippen LogP contribution >= 0.6 is 0 Å². The van der Waals surface area contributed by atoms with Gasteiger partial charge in [0.05, 0.1) is 5.56 Å². The van der Waals surface area contributed by atoms with Crippen molar-refractivity contribution in [2.45, 2.75) is 51.3 Å². The summed E-state index contributed by atoms with van der Waals surface area (Å²) in [5, 5.41) is 9.50. The Hall–Kier alpha value is -3.57. The molecule has 2 unspecified atom stereocenters. The van der Waals surface area contributed by atoms with Gasteiger partial charge in [0.1, 0.15) is 24.0 Å². The van der Waals surface area contributed by atoms with Crippen molar-refractivity contribution < 1.29 is 37.4 Å². The lowest BCUT2D eigenvalue weighted by molar-refractivity contribution is -0.763. The van der Waals surface area contributed by atoms with E-state index in [0.29, 0.717) is 0 Å². The van der Waals surface area contributed by atoms with Crippen molar-refractivity contribution >= 4 is 5.97 Å². The standard InChI is InChI=1S/C20H19F3N2O7/c1-11(26)31-18-17(24-9-12(4-7-16(24)27)10-30-25(28)29)14-8-13(20(21,22)23)5-6-15(14)32-19(18,2)3/h4-9,17-18H,10H2,1-3H3. The van der Waals surface area contributed by atoms with E-state index in [2.05, 4.69) is 4.84 Å². The first kappa shape index (κ1) is 23.1. The Morgan fingerprint density at radius 1 is 1.28 bits per heavy atom. The Morgan fingerprint density at radius 3 is 2.56 bits per heavy atom. The Kier molecular flexibility index (Phi) is 5.90. The average molecular weight is 456 g/mol. The fourth-order valence-electron chi connectivity index (χ4n) is 3.59. The molecule has 0 radical (unpaired) electrons. The number of carbonyl (C=O) groups excluding carboxylic acids is 1. The van der Waals surface area contributed by atoms with Gasteiger partial charge in [-0.1, -0.05) is 6.07 Å². The van der Waals surface area contributed by atoms with Crippen LogP contribution in [0.5, 0.6) is 5.75 Å². The van der Waals surface area contributed by atoms with Crippen molar-refractivity contribution in [2.24, 2.45) is 0 Å². The highest BCUT2D eigenvalue weighted by molar-refractivity contribution is 5.66. The minimum atomic E-state index is -4.67. The minimum Gasteiger partial charge on any atom is -0.484 e. The minimum absolute atomic E-state index is 0.0279. The number of carbonyl (C=O) groups is 1. The first-order chi connectivity index (χ1) is 14.8. The molecule has 1 aromatic carbocycles. The second kappa shape index (κ2) is 8.17. The van der Waals surface area contributed by atoms with Crippen LogP contribution in [0.3, 0.4) is 0 Å². The van der Waals surface area contributed by atoms with E-state index >= 15 is 0 Å². The maximum Gasteiger partial charge on any atom is 0.416 e. The van der Waals surface area contributed by atoms with E-state index in [-0.39, 0.29) is 16.9 Å². The number of hydrogen-bond acceptors (Lipinski definition) is 7. The van der Waals surface area contributed by atoms with Crippen LogP contribution in [0.15, 0.2) is 41.3 Å². The van der Waals surface area contributed by atoms with Gasteiger partial charge in [0.2, 0.25) is 0 Å². The van der Waals surface area contributed by atoms with Crippen molar-refractivity contribution in [3.8, 4) is 5.75 Å². The molecule has 2 aromatic rings. The first-order valence-electron chi connectivity index (χ1n) is 9.35. The number of alkyl halides is 3. The van der Waals surface area contributed by atoms with Crippen LogP contribution in [0, 0.1) is 10.1 Å². The maximum atomic E-state index is 13.4. The normalized spacial score (nSPS) is 19.4. The van der Waals surface area contributed by atoms with Gasteiger partial charge in [-0.3, -0.25) is 9.59 Å². The van der Waals surface area contributed by atoms with E-state index in [1.54, 1.807) is 13.8 Å². The molecule has 1 aliphatic rings. The molecule has 1 aromatic heterocycles. The fourth-order valence-corrected chi connectivity index (χ4v) is 3.59. The summed E-state index contributed by atoms with van der Waals surface area (Å²) in [6.07, 6.45) is -4.64. The van der Waals surface area contributed by atoms with E-state index < -0.39 is 52.7 Å². The lowest BCUT2D eigenvalue weighted by atomic mass is 9.85. The Morgan fingerprint density at radius 2 is 1.97 bits per heavy atom. The molecule has 0 saturated carbocycles. The smallest absolute Gasteiger partial charge is 0.416 e. The van der Waals surface area contributed by atoms with E-state index in [0.717, 1.165) is 35.8 Å².